The highest BCUT2D eigenvalue weighted by Crippen LogP contribution is 2.29. The summed E-state index contributed by atoms with van der Waals surface area (Å²) in [5.74, 6) is 0.177. The highest BCUT2D eigenvalue weighted by atomic mass is 16.5. The molecule has 0 bridgehead atoms. The molecule has 116 valence electrons. The summed E-state index contributed by atoms with van der Waals surface area (Å²) in [6.07, 6.45) is 0.831. The van der Waals surface area contributed by atoms with Gasteiger partial charge in [0.15, 0.2) is 0 Å². The molecule has 0 aliphatic heterocycles. The van der Waals surface area contributed by atoms with Crippen molar-refractivity contribution >= 4 is 5.97 Å². The fourth-order valence-electron chi connectivity index (χ4n) is 2.15. The van der Waals surface area contributed by atoms with Crippen LogP contribution in [0.3, 0.4) is 0 Å². The van der Waals surface area contributed by atoms with Crippen molar-refractivity contribution in [2.45, 2.75) is 20.3 Å². The minimum Gasteiger partial charge on any atom is -0.494 e. The SMILES string of the molecule is CCCOc1ccc(-c2cccc(OCC)c2)cc1C(=O)O. The minimum atomic E-state index is -0.992. The number of carboxylic acids is 1. The molecule has 0 saturated carbocycles. The van der Waals surface area contributed by atoms with Crippen LogP contribution in [0.2, 0.25) is 0 Å². The second-order valence-electron chi connectivity index (χ2n) is 4.83. The van der Waals surface area contributed by atoms with Crippen LogP contribution in [0.15, 0.2) is 42.5 Å². The number of rotatable bonds is 7. The Morgan fingerprint density at radius 2 is 1.82 bits per heavy atom. The number of ether oxygens (including phenoxy) is 2. The molecule has 0 fully saturated rings. The highest BCUT2D eigenvalue weighted by Gasteiger charge is 2.13. The lowest BCUT2D eigenvalue weighted by Gasteiger charge is -2.11. The Kier molecular flexibility index (Phi) is 5.42. The quantitative estimate of drug-likeness (QED) is 0.831. The van der Waals surface area contributed by atoms with Crippen LogP contribution in [-0.4, -0.2) is 24.3 Å². The van der Waals surface area contributed by atoms with Gasteiger partial charge < -0.3 is 14.6 Å². The third-order valence-electron chi connectivity index (χ3n) is 3.15. The molecule has 2 aromatic carbocycles. The third-order valence-corrected chi connectivity index (χ3v) is 3.15. The maximum absolute atomic E-state index is 11.4. The normalized spacial score (nSPS) is 10.3. The summed E-state index contributed by atoms with van der Waals surface area (Å²) in [4.78, 5) is 11.4. The third kappa shape index (κ3) is 3.79. The van der Waals surface area contributed by atoms with E-state index in [0.717, 1.165) is 23.3 Å². The molecule has 0 unspecified atom stereocenters. The van der Waals surface area contributed by atoms with Crippen molar-refractivity contribution in [2.24, 2.45) is 0 Å². The van der Waals surface area contributed by atoms with E-state index in [1.54, 1.807) is 12.1 Å². The predicted molar refractivity (Wildman–Crippen MR) is 85.8 cm³/mol. The topological polar surface area (TPSA) is 55.8 Å². The summed E-state index contributed by atoms with van der Waals surface area (Å²) in [6, 6.07) is 12.8. The molecular weight excluding hydrogens is 280 g/mol. The number of hydrogen-bond donors (Lipinski definition) is 1. The Hall–Kier alpha value is -2.49. The molecule has 0 aliphatic rings. The van der Waals surface area contributed by atoms with E-state index in [1.807, 2.05) is 44.2 Å². The van der Waals surface area contributed by atoms with E-state index in [0.29, 0.717) is 19.0 Å². The number of carboxylic acid groups (broad SMARTS) is 1. The lowest BCUT2D eigenvalue weighted by atomic mass is 10.0. The van der Waals surface area contributed by atoms with E-state index in [1.165, 1.54) is 0 Å². The second-order valence-corrected chi connectivity index (χ2v) is 4.83. The van der Waals surface area contributed by atoms with E-state index in [9.17, 15) is 9.90 Å². The fourth-order valence-corrected chi connectivity index (χ4v) is 2.15. The molecule has 1 N–H and O–H groups in total. The zero-order valence-corrected chi connectivity index (χ0v) is 12.8. The van der Waals surface area contributed by atoms with Gasteiger partial charge in [-0.05, 0) is 48.7 Å². The first-order valence-electron chi connectivity index (χ1n) is 7.39. The number of hydrogen-bond acceptors (Lipinski definition) is 3. The van der Waals surface area contributed by atoms with Crippen LogP contribution in [0.5, 0.6) is 11.5 Å². The smallest absolute Gasteiger partial charge is 0.339 e. The van der Waals surface area contributed by atoms with Crippen molar-refractivity contribution in [1.82, 2.24) is 0 Å². The standard InChI is InChI=1S/C18H20O4/c1-3-10-22-17-9-8-14(12-16(17)18(19)20)13-6-5-7-15(11-13)21-4-2/h5-9,11-12H,3-4,10H2,1-2H3,(H,19,20). The Morgan fingerprint density at radius 3 is 2.50 bits per heavy atom. The van der Waals surface area contributed by atoms with Gasteiger partial charge >= 0.3 is 5.97 Å². The van der Waals surface area contributed by atoms with Gasteiger partial charge in [0.1, 0.15) is 17.1 Å². The Labute approximate surface area is 130 Å². The van der Waals surface area contributed by atoms with Crippen molar-refractivity contribution in [3.8, 4) is 22.6 Å². The van der Waals surface area contributed by atoms with Gasteiger partial charge in [-0.15, -0.1) is 0 Å². The molecule has 0 saturated heterocycles. The summed E-state index contributed by atoms with van der Waals surface area (Å²) in [5, 5.41) is 9.37. The average Bonchev–Trinajstić information content (AvgIpc) is 2.53. The number of benzene rings is 2. The van der Waals surface area contributed by atoms with Gasteiger partial charge in [-0.1, -0.05) is 25.1 Å². The summed E-state index contributed by atoms with van der Waals surface area (Å²) < 4.78 is 11.0. The zero-order chi connectivity index (χ0) is 15.9. The van der Waals surface area contributed by atoms with E-state index >= 15 is 0 Å². The molecule has 2 aromatic rings. The molecule has 0 amide bonds. The van der Waals surface area contributed by atoms with Gasteiger partial charge in [-0.25, -0.2) is 4.79 Å². The maximum Gasteiger partial charge on any atom is 0.339 e. The van der Waals surface area contributed by atoms with Crippen LogP contribution in [0.4, 0.5) is 0 Å². The van der Waals surface area contributed by atoms with Crippen LogP contribution in [0.1, 0.15) is 30.6 Å². The van der Waals surface area contributed by atoms with Crippen molar-refractivity contribution in [3.05, 3.63) is 48.0 Å². The van der Waals surface area contributed by atoms with Gasteiger partial charge in [0, 0.05) is 0 Å². The molecule has 0 aromatic heterocycles. The lowest BCUT2D eigenvalue weighted by molar-refractivity contribution is 0.0692. The molecule has 22 heavy (non-hydrogen) atoms. The molecule has 4 nitrogen and oxygen atoms in total. The minimum absolute atomic E-state index is 0.174. The monoisotopic (exact) mass is 300 g/mol. The fraction of sp³-hybridized carbons (Fsp3) is 0.278. The molecule has 4 heteroatoms. The largest absolute Gasteiger partial charge is 0.494 e. The molecule has 0 heterocycles. The molecule has 0 aliphatic carbocycles. The Morgan fingerprint density at radius 1 is 1.05 bits per heavy atom. The van der Waals surface area contributed by atoms with E-state index < -0.39 is 5.97 Å². The summed E-state index contributed by atoms with van der Waals surface area (Å²) in [7, 11) is 0. The van der Waals surface area contributed by atoms with Crippen LogP contribution >= 0.6 is 0 Å². The molecule has 0 atom stereocenters. The van der Waals surface area contributed by atoms with Crippen molar-refractivity contribution < 1.29 is 19.4 Å². The first-order valence-corrected chi connectivity index (χ1v) is 7.39. The van der Waals surface area contributed by atoms with Crippen molar-refractivity contribution in [1.29, 1.82) is 0 Å². The summed E-state index contributed by atoms with van der Waals surface area (Å²) in [5.41, 5.74) is 1.91. The van der Waals surface area contributed by atoms with Crippen molar-refractivity contribution in [2.75, 3.05) is 13.2 Å². The van der Waals surface area contributed by atoms with Crippen LogP contribution < -0.4 is 9.47 Å². The van der Waals surface area contributed by atoms with Gasteiger partial charge in [0.25, 0.3) is 0 Å². The van der Waals surface area contributed by atoms with Crippen LogP contribution in [0, 0.1) is 0 Å². The molecule has 0 radical (unpaired) electrons. The van der Waals surface area contributed by atoms with Gasteiger partial charge in [0.05, 0.1) is 13.2 Å². The predicted octanol–water partition coefficient (Wildman–Crippen LogP) is 4.24. The Bertz CT molecular complexity index is 649. The first kappa shape index (κ1) is 15.9. The van der Waals surface area contributed by atoms with E-state index in [-0.39, 0.29) is 5.56 Å². The van der Waals surface area contributed by atoms with E-state index in [4.69, 9.17) is 9.47 Å². The van der Waals surface area contributed by atoms with Gasteiger partial charge in [0.2, 0.25) is 0 Å². The summed E-state index contributed by atoms with van der Waals surface area (Å²) >= 11 is 0. The average molecular weight is 300 g/mol. The molecule has 2 rings (SSSR count). The van der Waals surface area contributed by atoms with Gasteiger partial charge in [-0.3, -0.25) is 0 Å². The van der Waals surface area contributed by atoms with Gasteiger partial charge in [-0.2, -0.15) is 0 Å². The zero-order valence-electron chi connectivity index (χ0n) is 12.8. The van der Waals surface area contributed by atoms with Crippen molar-refractivity contribution in [3.63, 3.8) is 0 Å². The summed E-state index contributed by atoms with van der Waals surface area (Å²) in [6.45, 7) is 5.00. The first-order chi connectivity index (χ1) is 10.7. The van der Waals surface area contributed by atoms with Crippen LogP contribution in [-0.2, 0) is 0 Å². The highest BCUT2D eigenvalue weighted by molar-refractivity contribution is 5.92. The van der Waals surface area contributed by atoms with E-state index in [2.05, 4.69) is 0 Å². The molecule has 0 spiro atoms. The van der Waals surface area contributed by atoms with Crippen LogP contribution in [0.25, 0.3) is 11.1 Å². The maximum atomic E-state index is 11.4. The number of aromatic carboxylic acids is 1. The molecular formula is C18H20O4. The second kappa shape index (κ2) is 7.50. The Balaban J connectivity index is 2.37. The number of carbonyl (C=O) groups is 1. The lowest BCUT2D eigenvalue weighted by Crippen LogP contribution is -2.04.